The first-order chi connectivity index (χ1) is 8.09. The van der Waals surface area contributed by atoms with Crippen molar-refractivity contribution < 1.29 is 0 Å². The zero-order valence-corrected chi connectivity index (χ0v) is 11.1. The number of aromatic nitrogens is 3. The van der Waals surface area contributed by atoms with Crippen LogP contribution in [0.2, 0.25) is 10.0 Å². The molecule has 0 fully saturated rings. The van der Waals surface area contributed by atoms with E-state index in [2.05, 4.69) is 10.1 Å². The fraction of sp³-hybridized carbons (Fsp3) is 0.100. The molecular formula is C10H7Cl2N3OS. The molecule has 2 aromatic heterocycles. The molecule has 7 heteroatoms. The van der Waals surface area contributed by atoms with Gasteiger partial charge in [-0.2, -0.15) is 5.10 Å². The molecular weight excluding hydrogens is 281 g/mol. The largest absolute Gasteiger partial charge is 0.291 e. The van der Waals surface area contributed by atoms with Gasteiger partial charge < -0.3 is 0 Å². The van der Waals surface area contributed by atoms with E-state index in [1.165, 1.54) is 23.7 Å². The van der Waals surface area contributed by atoms with Crippen molar-refractivity contribution in [1.82, 2.24) is 14.8 Å². The molecule has 0 unspecified atom stereocenters. The highest BCUT2D eigenvalue weighted by atomic mass is 35.5. The zero-order chi connectivity index (χ0) is 12.4. The summed E-state index contributed by atoms with van der Waals surface area (Å²) in [5, 5.41) is 3.97. The highest BCUT2D eigenvalue weighted by molar-refractivity contribution is 7.10. The summed E-state index contributed by atoms with van der Waals surface area (Å²) in [6.07, 6.45) is 4.62. The van der Waals surface area contributed by atoms with Crippen LogP contribution in [0.1, 0.15) is 10.6 Å². The Morgan fingerprint density at radius 3 is 2.88 bits per heavy atom. The van der Waals surface area contributed by atoms with Crippen LogP contribution in [0.15, 0.2) is 16.5 Å². The second-order valence-electron chi connectivity index (χ2n) is 3.17. The van der Waals surface area contributed by atoms with E-state index in [0.29, 0.717) is 0 Å². The number of aryl methyl sites for hydroxylation is 1. The quantitative estimate of drug-likeness (QED) is 0.853. The highest BCUT2D eigenvalue weighted by Crippen LogP contribution is 2.16. The fourth-order valence-corrected chi connectivity index (χ4v) is 2.09. The van der Waals surface area contributed by atoms with Crippen molar-refractivity contribution in [1.29, 1.82) is 0 Å². The minimum absolute atomic E-state index is 0.0349. The third kappa shape index (κ3) is 2.57. The van der Waals surface area contributed by atoms with Gasteiger partial charge in [0.05, 0.1) is 27.3 Å². The molecule has 4 nitrogen and oxygen atoms in total. The van der Waals surface area contributed by atoms with Gasteiger partial charge in [-0.3, -0.25) is 4.79 Å². The van der Waals surface area contributed by atoms with E-state index in [-0.39, 0.29) is 10.0 Å². The maximum Gasteiger partial charge on any atom is 0.291 e. The predicted molar refractivity (Wildman–Crippen MR) is 70.6 cm³/mol. The molecule has 0 aliphatic rings. The Balaban J connectivity index is 2.38. The van der Waals surface area contributed by atoms with Gasteiger partial charge in [-0.05, 0) is 13.0 Å². The summed E-state index contributed by atoms with van der Waals surface area (Å²) in [4.78, 5) is 16.7. The first-order valence-electron chi connectivity index (χ1n) is 4.60. The van der Waals surface area contributed by atoms with Crippen molar-refractivity contribution in [3.63, 3.8) is 0 Å². The summed E-state index contributed by atoms with van der Waals surface area (Å²) in [6, 6.07) is 0. The van der Waals surface area contributed by atoms with E-state index in [1.807, 2.05) is 6.92 Å². The molecule has 0 amide bonds. The number of hydrogen-bond acceptors (Lipinski definition) is 4. The summed E-state index contributed by atoms with van der Waals surface area (Å²) in [5.74, 6) is 0. The maximum absolute atomic E-state index is 11.7. The Morgan fingerprint density at radius 2 is 2.24 bits per heavy atom. The molecule has 0 saturated carbocycles. The van der Waals surface area contributed by atoms with E-state index in [1.54, 1.807) is 11.6 Å². The molecule has 2 aromatic rings. The van der Waals surface area contributed by atoms with Crippen LogP contribution in [0.4, 0.5) is 0 Å². The van der Waals surface area contributed by atoms with Crippen LogP contribution in [0.3, 0.4) is 0 Å². The van der Waals surface area contributed by atoms with Gasteiger partial charge in [-0.1, -0.05) is 23.2 Å². The normalized spacial score (nSPS) is 11.2. The average molecular weight is 288 g/mol. The molecule has 0 bridgehead atoms. The minimum Gasteiger partial charge on any atom is -0.266 e. The molecule has 0 spiro atoms. The van der Waals surface area contributed by atoms with Crippen molar-refractivity contribution >= 4 is 46.8 Å². The SMILES string of the molecule is Cc1ncsc1/C=C/n1ncc(Cl)c(Cl)c1=O. The summed E-state index contributed by atoms with van der Waals surface area (Å²) in [7, 11) is 0. The van der Waals surface area contributed by atoms with E-state index < -0.39 is 5.56 Å². The summed E-state index contributed by atoms with van der Waals surface area (Å²) in [6.45, 7) is 1.89. The van der Waals surface area contributed by atoms with Crippen LogP contribution >= 0.6 is 34.5 Å². The summed E-state index contributed by atoms with van der Waals surface area (Å²) < 4.78 is 1.13. The molecule has 0 aliphatic heterocycles. The first-order valence-corrected chi connectivity index (χ1v) is 6.24. The maximum atomic E-state index is 11.7. The number of hydrogen-bond donors (Lipinski definition) is 0. The molecule has 0 saturated heterocycles. The third-order valence-corrected chi connectivity index (χ3v) is 3.70. The van der Waals surface area contributed by atoms with Gasteiger partial charge in [0.25, 0.3) is 5.56 Å². The van der Waals surface area contributed by atoms with E-state index >= 15 is 0 Å². The second-order valence-corrected chi connectivity index (χ2v) is 4.85. The molecule has 0 aromatic carbocycles. The standard InChI is InChI=1S/C10H7Cl2N3OS/c1-6-8(17-5-13-6)2-3-15-10(16)9(12)7(11)4-14-15/h2-5H,1H3/b3-2+. The lowest BCUT2D eigenvalue weighted by Gasteiger charge is -1.98. The molecule has 0 N–H and O–H groups in total. The number of rotatable bonds is 2. The van der Waals surface area contributed by atoms with Crippen LogP contribution < -0.4 is 5.56 Å². The van der Waals surface area contributed by atoms with Gasteiger partial charge in [0.15, 0.2) is 0 Å². The fourth-order valence-electron chi connectivity index (χ4n) is 1.14. The van der Waals surface area contributed by atoms with Gasteiger partial charge in [0.2, 0.25) is 0 Å². The van der Waals surface area contributed by atoms with E-state index in [0.717, 1.165) is 15.3 Å². The van der Waals surface area contributed by atoms with Gasteiger partial charge in [0.1, 0.15) is 5.02 Å². The number of nitrogens with zero attached hydrogens (tertiary/aromatic N) is 3. The predicted octanol–water partition coefficient (Wildman–Crippen LogP) is 2.94. The van der Waals surface area contributed by atoms with Crippen molar-refractivity contribution in [2.45, 2.75) is 6.92 Å². The van der Waals surface area contributed by atoms with Crippen LogP contribution in [-0.4, -0.2) is 14.8 Å². The van der Waals surface area contributed by atoms with E-state index in [4.69, 9.17) is 23.2 Å². The molecule has 0 atom stereocenters. The molecule has 0 aliphatic carbocycles. The van der Waals surface area contributed by atoms with Crippen molar-refractivity contribution in [2.24, 2.45) is 0 Å². The molecule has 2 heterocycles. The van der Waals surface area contributed by atoms with Crippen LogP contribution in [0.5, 0.6) is 0 Å². The Morgan fingerprint density at radius 1 is 1.47 bits per heavy atom. The monoisotopic (exact) mass is 287 g/mol. The smallest absolute Gasteiger partial charge is 0.266 e. The summed E-state index contributed by atoms with van der Waals surface area (Å²) in [5.41, 5.74) is 2.19. The number of thiazole rings is 1. The lowest BCUT2D eigenvalue weighted by molar-refractivity contribution is 0.855. The van der Waals surface area contributed by atoms with Crippen LogP contribution in [0.25, 0.3) is 12.3 Å². The van der Waals surface area contributed by atoms with Crippen LogP contribution in [0, 0.1) is 6.92 Å². The Bertz CT molecular complexity index is 633. The van der Waals surface area contributed by atoms with Crippen molar-refractivity contribution in [3.8, 4) is 0 Å². The van der Waals surface area contributed by atoms with Gasteiger partial charge in [-0.25, -0.2) is 9.67 Å². The zero-order valence-electron chi connectivity index (χ0n) is 8.72. The van der Waals surface area contributed by atoms with Gasteiger partial charge >= 0.3 is 0 Å². The topological polar surface area (TPSA) is 47.8 Å². The Labute approximate surface area is 111 Å². The minimum atomic E-state index is -0.447. The third-order valence-electron chi connectivity index (χ3n) is 2.05. The van der Waals surface area contributed by atoms with Gasteiger partial charge in [0, 0.05) is 6.20 Å². The lowest BCUT2D eigenvalue weighted by Crippen LogP contribution is -2.18. The Hall–Kier alpha value is -1.17. The highest BCUT2D eigenvalue weighted by Gasteiger charge is 2.05. The summed E-state index contributed by atoms with van der Waals surface area (Å²) >= 11 is 12.9. The van der Waals surface area contributed by atoms with Crippen molar-refractivity contribution in [2.75, 3.05) is 0 Å². The second kappa shape index (κ2) is 5.00. The average Bonchev–Trinajstić information content (AvgIpc) is 2.71. The lowest BCUT2D eigenvalue weighted by atomic mass is 10.4. The number of halogens is 2. The molecule has 88 valence electrons. The first kappa shape index (κ1) is 12.3. The van der Waals surface area contributed by atoms with Crippen LogP contribution in [-0.2, 0) is 0 Å². The van der Waals surface area contributed by atoms with E-state index in [9.17, 15) is 4.79 Å². The van der Waals surface area contributed by atoms with Gasteiger partial charge in [-0.15, -0.1) is 11.3 Å². The molecule has 17 heavy (non-hydrogen) atoms. The molecule has 2 rings (SSSR count). The van der Waals surface area contributed by atoms with Crippen molar-refractivity contribution in [3.05, 3.63) is 42.7 Å². The molecule has 0 radical (unpaired) electrons. The Kier molecular flexibility index (Phi) is 3.61.